The molecule has 2 saturated carbocycles. The molecule has 422 valence electrons. The molecule has 1 saturated heterocycles. The Morgan fingerprint density at radius 2 is 1.20 bits per heavy atom. The lowest BCUT2D eigenvalue weighted by molar-refractivity contribution is -0.201. The van der Waals surface area contributed by atoms with Crippen molar-refractivity contribution in [3.63, 3.8) is 0 Å². The smallest absolute Gasteiger partial charge is 0.382 e. The minimum atomic E-state index is -4.70. The number of hydrogen-bond acceptors (Lipinski definition) is 14. The van der Waals surface area contributed by atoms with Crippen molar-refractivity contribution < 1.29 is 41.4 Å². The summed E-state index contributed by atoms with van der Waals surface area (Å²) in [6.07, 6.45) is 15.7. The second kappa shape index (κ2) is 23.1. The topological polar surface area (TPSA) is 236 Å². The third-order valence-electron chi connectivity index (χ3n) is 14.1. The minimum absolute atomic E-state index is 0.0165. The lowest BCUT2D eigenvalue weighted by atomic mass is 10.1. The zero-order valence-corrected chi connectivity index (χ0v) is 45.0. The van der Waals surface area contributed by atoms with Crippen LogP contribution in [0.3, 0.4) is 0 Å². The SMILES string of the molecule is CC1CO1.NCc1cc(C2CC2)cn2cc(Cn3cc(C(=O)CCc4ncn5ccc(Cl)c(F)c45)nn3)nc12.O=C(CCc1ncn2ccc(Cl)c(F)c12)c1cn(Cc2cn3cc(C4CC4)cc(CNCC(O)C(F)(F)F)c3n2)nn1. The number of alkyl halides is 3. The predicted molar refractivity (Wildman–Crippen MR) is 285 cm³/mol. The number of carbonyl (C=O) groups is 2. The molecule has 2 unspecified atom stereocenters. The Labute approximate surface area is 467 Å². The van der Waals surface area contributed by atoms with Crippen molar-refractivity contribution in [3.05, 3.63) is 165 Å². The van der Waals surface area contributed by atoms with Gasteiger partial charge in [-0.1, -0.05) is 33.6 Å². The van der Waals surface area contributed by atoms with Gasteiger partial charge < -0.3 is 38.5 Å². The largest absolute Gasteiger partial charge is 0.415 e. The van der Waals surface area contributed by atoms with Gasteiger partial charge >= 0.3 is 6.18 Å². The number of Topliss-reactive ketones (excluding diaryl/α,β-unsaturated/α-hetero) is 2. The number of carbonyl (C=O) groups excluding carboxylic acids is 2. The molecule has 11 heterocycles. The summed E-state index contributed by atoms with van der Waals surface area (Å²) < 4.78 is 81.7. The highest BCUT2D eigenvalue weighted by molar-refractivity contribution is 6.31. The number of hydrogen-bond donors (Lipinski definition) is 3. The summed E-state index contributed by atoms with van der Waals surface area (Å²) in [4.78, 5) is 43.3. The van der Waals surface area contributed by atoms with Crippen LogP contribution in [0, 0.1) is 11.6 Å². The molecule has 2 atom stereocenters. The van der Waals surface area contributed by atoms with E-state index in [0.29, 0.717) is 59.3 Å². The molecular formula is C54H53Cl2F5N16O4. The number of rotatable bonds is 19. The van der Waals surface area contributed by atoms with Gasteiger partial charge in [-0.3, -0.25) is 9.59 Å². The quantitative estimate of drug-likeness (QED) is 0.0394. The Balaban J connectivity index is 0.000000161. The predicted octanol–water partition coefficient (Wildman–Crippen LogP) is 8.09. The molecule has 81 heavy (non-hydrogen) atoms. The summed E-state index contributed by atoms with van der Waals surface area (Å²) >= 11 is 11.8. The van der Waals surface area contributed by atoms with E-state index in [9.17, 15) is 36.6 Å². The van der Waals surface area contributed by atoms with Crippen molar-refractivity contribution in [2.45, 2.75) is 115 Å². The molecule has 3 fully saturated rings. The molecule has 0 radical (unpaired) electrons. The van der Waals surface area contributed by atoms with Gasteiger partial charge in [-0.05, 0) is 92.7 Å². The van der Waals surface area contributed by atoms with Gasteiger partial charge in [-0.2, -0.15) is 13.2 Å². The number of nitrogens with one attached hydrogen (secondary N) is 1. The molecule has 0 amide bonds. The molecule has 1 aliphatic heterocycles. The van der Waals surface area contributed by atoms with E-state index in [0.717, 1.165) is 41.9 Å². The number of imidazole rings is 4. The minimum Gasteiger partial charge on any atom is -0.382 e. The van der Waals surface area contributed by atoms with Crippen molar-refractivity contribution in [1.29, 1.82) is 0 Å². The van der Waals surface area contributed by atoms with Crippen LogP contribution < -0.4 is 11.1 Å². The Kier molecular flexibility index (Phi) is 15.8. The molecule has 0 aromatic carbocycles. The maximum atomic E-state index is 14.5. The van der Waals surface area contributed by atoms with E-state index in [2.05, 4.69) is 60.1 Å². The number of ether oxygens (including phenoxy) is 1. The number of nitrogens with two attached hydrogens (primary N) is 1. The molecule has 3 aliphatic rings. The lowest BCUT2D eigenvalue weighted by Gasteiger charge is -2.15. The van der Waals surface area contributed by atoms with E-state index >= 15 is 0 Å². The number of halogens is 7. The number of epoxide rings is 1. The van der Waals surface area contributed by atoms with Crippen LogP contribution in [-0.2, 0) is 43.8 Å². The molecular weight excluding hydrogens is 1100 g/mol. The van der Waals surface area contributed by atoms with Crippen molar-refractivity contribution in [2.75, 3.05) is 13.2 Å². The normalized spacial score (nSPS) is 15.6. The molecule has 13 rings (SSSR count). The van der Waals surface area contributed by atoms with Crippen LogP contribution in [0.4, 0.5) is 22.0 Å². The number of aliphatic hydroxyl groups excluding tert-OH is 1. The maximum Gasteiger partial charge on any atom is 0.415 e. The first-order chi connectivity index (χ1) is 39.0. The van der Waals surface area contributed by atoms with Gasteiger partial charge in [0.1, 0.15) is 33.7 Å². The summed E-state index contributed by atoms with van der Waals surface area (Å²) in [6.45, 7) is 3.50. The lowest BCUT2D eigenvalue weighted by Crippen LogP contribution is -2.38. The van der Waals surface area contributed by atoms with Gasteiger partial charge in [0.15, 0.2) is 29.3 Å². The van der Waals surface area contributed by atoms with E-state index in [1.165, 1.54) is 58.5 Å². The Hall–Kier alpha value is -7.55. The molecule has 0 spiro atoms. The number of ketones is 2. The number of aliphatic hydroxyl groups is 1. The van der Waals surface area contributed by atoms with Gasteiger partial charge in [0.2, 0.25) is 0 Å². The summed E-state index contributed by atoms with van der Waals surface area (Å²) in [5.41, 5.74) is 14.6. The van der Waals surface area contributed by atoms with E-state index in [1.54, 1.807) is 27.7 Å². The summed E-state index contributed by atoms with van der Waals surface area (Å²) in [6, 6.07) is 6.98. The zero-order chi connectivity index (χ0) is 56.7. The van der Waals surface area contributed by atoms with Crippen molar-refractivity contribution in [3.8, 4) is 0 Å². The van der Waals surface area contributed by atoms with Crippen LogP contribution in [0.15, 0.2) is 86.5 Å². The standard InChI is InChI=1S/C27H25ClF4N8O2.C24H22ClFN8O.C3H6O/c28-19-5-6-38-14-34-20(25(38)24(19)29)3-4-22(41)21-13-40(37-36-21)12-18-11-39-10-17(15-1-2-15)7-16(26(39)35-18)8-33-9-23(42)27(30,31)32;25-18-5-6-32-13-28-19(23(32)22(18)26)3-4-21(35)20-12-34(31-30-20)11-17-10-33-9-16(14-1-2-14)7-15(8-27)24(33)29-17;1-3-2-4-3/h5-7,10-11,13-15,23,33,42H,1-4,8-9,12H2;5-7,9-10,12-14H,1-4,8,11,27H2;3H,2H2,1H3. The number of nitrogens with zero attached hydrogens (tertiary/aromatic N) is 14. The van der Waals surface area contributed by atoms with Crippen LogP contribution in [0.1, 0.15) is 123 Å². The fourth-order valence-electron chi connectivity index (χ4n) is 9.35. The summed E-state index contributed by atoms with van der Waals surface area (Å²) in [7, 11) is 0. The van der Waals surface area contributed by atoms with Crippen molar-refractivity contribution >= 4 is 57.1 Å². The molecule has 10 aromatic rings. The molecule has 2 aliphatic carbocycles. The van der Waals surface area contributed by atoms with Crippen LogP contribution in [-0.4, -0.2) is 116 Å². The first-order valence-electron chi connectivity index (χ1n) is 26.2. The Bertz CT molecular complexity index is 3950. The van der Waals surface area contributed by atoms with Crippen LogP contribution in [0.2, 0.25) is 10.0 Å². The number of aryl methyl sites for hydroxylation is 2. The maximum absolute atomic E-state index is 14.5. The van der Waals surface area contributed by atoms with Gasteiger partial charge in [0.25, 0.3) is 0 Å². The second-order valence-corrected chi connectivity index (χ2v) is 21.2. The van der Waals surface area contributed by atoms with E-state index in [1.807, 2.05) is 33.5 Å². The van der Waals surface area contributed by atoms with Gasteiger partial charge in [-0.25, -0.2) is 38.1 Å². The van der Waals surface area contributed by atoms with E-state index in [4.69, 9.17) is 38.7 Å². The highest BCUT2D eigenvalue weighted by Gasteiger charge is 2.38. The first-order valence-corrected chi connectivity index (χ1v) is 27.0. The number of pyridine rings is 4. The summed E-state index contributed by atoms with van der Waals surface area (Å²) in [5.74, 6) is -0.614. The third kappa shape index (κ3) is 12.8. The second-order valence-electron chi connectivity index (χ2n) is 20.4. The third-order valence-corrected chi connectivity index (χ3v) is 14.6. The molecule has 0 bridgehead atoms. The van der Waals surface area contributed by atoms with Crippen molar-refractivity contribution in [1.82, 2.24) is 72.8 Å². The van der Waals surface area contributed by atoms with Gasteiger partial charge in [0, 0.05) is 80.8 Å². The van der Waals surface area contributed by atoms with E-state index < -0.39 is 30.5 Å². The van der Waals surface area contributed by atoms with Gasteiger partial charge in [-0.15, -0.1) is 10.2 Å². The van der Waals surface area contributed by atoms with Gasteiger partial charge in [0.05, 0.1) is 83.7 Å². The number of aromatic nitrogens is 14. The average molecular weight is 1160 g/mol. The molecule has 20 nitrogen and oxygen atoms in total. The fourth-order valence-corrected chi connectivity index (χ4v) is 9.64. The fraction of sp³-hybridized carbons (Fsp3) is 0.370. The first kappa shape index (κ1) is 55.4. The van der Waals surface area contributed by atoms with Crippen LogP contribution in [0.25, 0.3) is 22.3 Å². The number of fused-ring (bicyclic) bond motifs is 4. The van der Waals surface area contributed by atoms with Crippen LogP contribution in [0.5, 0.6) is 0 Å². The molecule has 27 heteroatoms. The monoisotopic (exact) mass is 1150 g/mol. The summed E-state index contributed by atoms with van der Waals surface area (Å²) in [5, 5.41) is 28.1. The molecule has 4 N–H and O–H groups in total. The average Bonchev–Trinajstić information content (AvgIpc) is 4.43. The Morgan fingerprint density at radius 3 is 1.63 bits per heavy atom. The van der Waals surface area contributed by atoms with E-state index in [-0.39, 0.29) is 82.8 Å². The Morgan fingerprint density at radius 1 is 0.741 bits per heavy atom. The highest BCUT2D eigenvalue weighted by atomic mass is 35.5. The highest BCUT2D eigenvalue weighted by Crippen LogP contribution is 2.41. The zero-order valence-electron chi connectivity index (χ0n) is 43.4. The van der Waals surface area contributed by atoms with Crippen molar-refractivity contribution in [2.24, 2.45) is 5.73 Å². The van der Waals surface area contributed by atoms with Crippen LogP contribution >= 0.6 is 23.2 Å². The molecule has 10 aromatic heterocycles.